The fourth-order valence-corrected chi connectivity index (χ4v) is 2.66. The Balaban J connectivity index is 1.85. The van der Waals surface area contributed by atoms with Crippen molar-refractivity contribution in [3.63, 3.8) is 0 Å². The van der Waals surface area contributed by atoms with Gasteiger partial charge in [-0.05, 0) is 31.2 Å². The van der Waals surface area contributed by atoms with Gasteiger partial charge in [0.05, 0.1) is 11.1 Å². The van der Waals surface area contributed by atoms with Gasteiger partial charge in [0.2, 0.25) is 0 Å². The van der Waals surface area contributed by atoms with Crippen molar-refractivity contribution in [1.82, 2.24) is 5.06 Å². The predicted octanol–water partition coefficient (Wildman–Crippen LogP) is 2.42. The minimum Gasteiger partial charge on any atom is -0.323 e. The molecule has 5 nitrogen and oxygen atoms in total. The molecule has 100 valence electrons. The number of amides is 2. The molecule has 0 unspecified atom stereocenters. The second kappa shape index (κ2) is 4.57. The van der Waals surface area contributed by atoms with Gasteiger partial charge in [0.25, 0.3) is 11.8 Å². The summed E-state index contributed by atoms with van der Waals surface area (Å²) in [6.07, 6.45) is 0. The Kier molecular flexibility index (Phi) is 2.87. The minimum absolute atomic E-state index is 0.243. The van der Waals surface area contributed by atoms with E-state index in [9.17, 15) is 14.4 Å². The van der Waals surface area contributed by atoms with Crippen molar-refractivity contribution in [2.75, 3.05) is 0 Å². The second-order valence-corrected chi connectivity index (χ2v) is 5.53. The van der Waals surface area contributed by atoms with Gasteiger partial charge in [-0.15, -0.1) is 11.3 Å². The Morgan fingerprint density at radius 1 is 1.05 bits per heavy atom. The lowest BCUT2D eigenvalue weighted by Gasteiger charge is -2.11. The third kappa shape index (κ3) is 1.90. The van der Waals surface area contributed by atoms with E-state index < -0.39 is 17.8 Å². The molecule has 0 fully saturated rings. The van der Waals surface area contributed by atoms with Gasteiger partial charge < -0.3 is 4.84 Å². The third-order valence-electron chi connectivity index (χ3n) is 2.87. The van der Waals surface area contributed by atoms with E-state index in [0.29, 0.717) is 9.94 Å². The van der Waals surface area contributed by atoms with Gasteiger partial charge in [-0.25, -0.2) is 4.79 Å². The molecular weight excluding hydrogens is 278 g/mol. The number of hydrogen-bond acceptors (Lipinski definition) is 5. The maximum Gasteiger partial charge on any atom is 0.373 e. The Morgan fingerprint density at radius 3 is 2.15 bits per heavy atom. The predicted molar refractivity (Wildman–Crippen MR) is 71.4 cm³/mol. The van der Waals surface area contributed by atoms with Crippen molar-refractivity contribution in [2.45, 2.75) is 6.92 Å². The average Bonchev–Trinajstić information content (AvgIpc) is 2.98. The molecule has 0 aliphatic carbocycles. The van der Waals surface area contributed by atoms with Crippen LogP contribution in [0, 0.1) is 6.92 Å². The molecule has 0 atom stereocenters. The smallest absolute Gasteiger partial charge is 0.323 e. The van der Waals surface area contributed by atoms with Crippen LogP contribution < -0.4 is 0 Å². The molecule has 2 heterocycles. The minimum atomic E-state index is -0.711. The van der Waals surface area contributed by atoms with E-state index in [-0.39, 0.29) is 11.1 Å². The highest BCUT2D eigenvalue weighted by Gasteiger charge is 2.38. The highest BCUT2D eigenvalue weighted by atomic mass is 32.1. The summed E-state index contributed by atoms with van der Waals surface area (Å²) in [7, 11) is 0. The Hall–Kier alpha value is -2.47. The quantitative estimate of drug-likeness (QED) is 0.796. The molecule has 0 N–H and O–H groups in total. The number of hydrogen-bond donors (Lipinski definition) is 0. The first kappa shape index (κ1) is 12.6. The molecule has 20 heavy (non-hydrogen) atoms. The van der Waals surface area contributed by atoms with Gasteiger partial charge in [-0.3, -0.25) is 9.59 Å². The van der Waals surface area contributed by atoms with Gasteiger partial charge in [0.1, 0.15) is 4.88 Å². The maximum absolute atomic E-state index is 12.0. The summed E-state index contributed by atoms with van der Waals surface area (Å²) in [5, 5.41) is 0.516. The van der Waals surface area contributed by atoms with E-state index >= 15 is 0 Å². The molecule has 0 radical (unpaired) electrons. The summed E-state index contributed by atoms with van der Waals surface area (Å²) in [4.78, 5) is 42.1. The lowest BCUT2D eigenvalue weighted by molar-refractivity contribution is -0.0581. The van der Waals surface area contributed by atoms with Crippen molar-refractivity contribution in [2.24, 2.45) is 0 Å². The van der Waals surface area contributed by atoms with E-state index in [1.807, 2.05) is 6.92 Å². The normalized spacial score (nSPS) is 13.6. The monoisotopic (exact) mass is 287 g/mol. The number of aryl methyl sites for hydroxylation is 1. The molecule has 0 saturated heterocycles. The van der Waals surface area contributed by atoms with Crippen molar-refractivity contribution in [3.05, 3.63) is 57.3 Å². The van der Waals surface area contributed by atoms with Crippen LogP contribution in [0.25, 0.3) is 0 Å². The zero-order chi connectivity index (χ0) is 14.3. The molecule has 1 aliphatic heterocycles. The van der Waals surface area contributed by atoms with Crippen LogP contribution in [0.5, 0.6) is 0 Å². The molecule has 1 aliphatic rings. The fraction of sp³-hybridized carbons (Fsp3) is 0.0714. The first-order valence-corrected chi connectivity index (χ1v) is 6.66. The summed E-state index contributed by atoms with van der Waals surface area (Å²) >= 11 is 1.24. The summed E-state index contributed by atoms with van der Waals surface area (Å²) in [6, 6.07) is 9.72. The zero-order valence-electron chi connectivity index (χ0n) is 10.5. The van der Waals surface area contributed by atoms with Crippen LogP contribution in [0.3, 0.4) is 0 Å². The zero-order valence-corrected chi connectivity index (χ0v) is 11.3. The molecule has 0 bridgehead atoms. The van der Waals surface area contributed by atoms with Crippen LogP contribution in [0.15, 0.2) is 36.4 Å². The highest BCUT2D eigenvalue weighted by Crippen LogP contribution is 2.24. The first-order valence-electron chi connectivity index (χ1n) is 5.84. The molecule has 2 aromatic rings. The van der Waals surface area contributed by atoms with Crippen LogP contribution in [-0.2, 0) is 4.84 Å². The second-order valence-electron chi connectivity index (χ2n) is 4.24. The van der Waals surface area contributed by atoms with E-state index in [4.69, 9.17) is 4.84 Å². The number of thiophene rings is 1. The van der Waals surface area contributed by atoms with E-state index in [1.165, 1.54) is 23.5 Å². The van der Waals surface area contributed by atoms with Crippen molar-refractivity contribution < 1.29 is 19.2 Å². The number of fused-ring (bicyclic) bond motifs is 1. The Morgan fingerprint density at radius 2 is 1.65 bits per heavy atom. The topological polar surface area (TPSA) is 63.7 Å². The standard InChI is InChI=1S/C14H9NO4S/c1-8-6-7-11(20-8)14(18)19-15-12(16)9-4-2-3-5-10(9)13(15)17/h2-7H,1H3. The van der Waals surface area contributed by atoms with Gasteiger partial charge in [0.15, 0.2) is 0 Å². The molecule has 1 aromatic carbocycles. The molecule has 1 aromatic heterocycles. The highest BCUT2D eigenvalue weighted by molar-refractivity contribution is 7.13. The van der Waals surface area contributed by atoms with Crippen LogP contribution in [0.4, 0.5) is 0 Å². The summed E-state index contributed by atoms with van der Waals surface area (Å²) < 4.78 is 0. The molecule has 3 rings (SSSR count). The van der Waals surface area contributed by atoms with Gasteiger partial charge >= 0.3 is 5.97 Å². The lowest BCUT2D eigenvalue weighted by atomic mass is 10.1. The molecular formula is C14H9NO4S. The first-order chi connectivity index (χ1) is 9.58. The van der Waals surface area contributed by atoms with Crippen molar-refractivity contribution in [1.29, 1.82) is 0 Å². The molecule has 2 amide bonds. The van der Waals surface area contributed by atoms with Crippen LogP contribution in [-0.4, -0.2) is 22.8 Å². The van der Waals surface area contributed by atoms with E-state index in [1.54, 1.807) is 24.3 Å². The van der Waals surface area contributed by atoms with Crippen LogP contribution >= 0.6 is 11.3 Å². The third-order valence-corrected chi connectivity index (χ3v) is 3.85. The van der Waals surface area contributed by atoms with Gasteiger partial charge in [-0.1, -0.05) is 17.2 Å². The number of hydroxylamine groups is 2. The maximum atomic E-state index is 12.0. The van der Waals surface area contributed by atoms with Crippen molar-refractivity contribution in [3.8, 4) is 0 Å². The molecule has 6 heteroatoms. The SMILES string of the molecule is Cc1ccc(C(=O)ON2C(=O)c3ccccc3C2=O)s1. The number of rotatable bonds is 2. The van der Waals surface area contributed by atoms with Crippen LogP contribution in [0.2, 0.25) is 0 Å². The lowest BCUT2D eigenvalue weighted by Crippen LogP contribution is -2.32. The van der Waals surface area contributed by atoms with Crippen LogP contribution in [0.1, 0.15) is 35.3 Å². The average molecular weight is 287 g/mol. The number of imide groups is 1. The summed E-state index contributed by atoms with van der Waals surface area (Å²) in [6.45, 7) is 1.85. The molecule has 0 saturated carbocycles. The van der Waals surface area contributed by atoms with E-state index in [0.717, 1.165) is 4.88 Å². The number of carbonyl (C=O) groups excluding carboxylic acids is 3. The summed E-state index contributed by atoms with van der Waals surface area (Å²) in [5.41, 5.74) is 0.486. The fourth-order valence-electron chi connectivity index (χ4n) is 1.92. The number of nitrogens with zero attached hydrogens (tertiary/aromatic N) is 1. The van der Waals surface area contributed by atoms with Gasteiger partial charge in [0, 0.05) is 4.88 Å². The van der Waals surface area contributed by atoms with Crippen molar-refractivity contribution >= 4 is 29.1 Å². The summed E-state index contributed by atoms with van der Waals surface area (Å²) in [5.74, 6) is -1.95. The largest absolute Gasteiger partial charge is 0.373 e. The number of carbonyl (C=O) groups is 3. The molecule has 0 spiro atoms. The van der Waals surface area contributed by atoms with Gasteiger partial charge in [-0.2, -0.15) is 0 Å². The Bertz CT molecular complexity index is 699. The van der Waals surface area contributed by atoms with E-state index in [2.05, 4.69) is 0 Å². The Labute approximate surface area is 118 Å². The number of benzene rings is 1.